The molecule has 0 heterocycles. The zero-order valence-electron chi connectivity index (χ0n) is 9.16. The fourth-order valence-electron chi connectivity index (χ4n) is 1.25. The summed E-state index contributed by atoms with van der Waals surface area (Å²) in [5.41, 5.74) is 0.973. The molecular formula is C13H14O3. The number of carbonyl (C=O) groups excluding carboxylic acids is 1. The van der Waals surface area contributed by atoms with E-state index in [1.54, 1.807) is 19.1 Å². The molecule has 2 N–H and O–H groups in total. The Balaban J connectivity index is 2.99. The number of ketones is 1. The van der Waals surface area contributed by atoms with Gasteiger partial charge in [0.05, 0.1) is 12.2 Å². The molecule has 0 aromatic heterocycles. The first-order valence-corrected chi connectivity index (χ1v) is 5.15. The van der Waals surface area contributed by atoms with Gasteiger partial charge in [-0.25, -0.2) is 0 Å². The number of rotatable bonds is 3. The fourth-order valence-corrected chi connectivity index (χ4v) is 1.25. The van der Waals surface area contributed by atoms with Crippen molar-refractivity contribution in [2.24, 2.45) is 0 Å². The minimum atomic E-state index is -0.108. The summed E-state index contributed by atoms with van der Waals surface area (Å²) in [4.78, 5) is 11.5. The van der Waals surface area contributed by atoms with Crippen molar-refractivity contribution in [3.63, 3.8) is 0 Å². The number of phenols is 1. The molecule has 0 saturated heterocycles. The Labute approximate surface area is 94.7 Å². The SMILES string of the molecule is CCC(=O)c1cc(C#CCCO)ccc1O. The lowest BCUT2D eigenvalue weighted by Crippen LogP contribution is -1.97. The molecule has 0 atom stereocenters. The molecule has 0 radical (unpaired) electrons. The largest absolute Gasteiger partial charge is 0.507 e. The Morgan fingerprint density at radius 1 is 1.44 bits per heavy atom. The Morgan fingerprint density at radius 3 is 2.81 bits per heavy atom. The molecule has 0 unspecified atom stereocenters. The zero-order valence-corrected chi connectivity index (χ0v) is 9.16. The van der Waals surface area contributed by atoms with Crippen LogP contribution in [0.3, 0.4) is 0 Å². The van der Waals surface area contributed by atoms with Gasteiger partial charge < -0.3 is 10.2 Å². The molecule has 0 amide bonds. The number of phenolic OH excluding ortho intramolecular Hbond substituents is 1. The van der Waals surface area contributed by atoms with Gasteiger partial charge in [0, 0.05) is 18.4 Å². The van der Waals surface area contributed by atoms with Gasteiger partial charge in [0.25, 0.3) is 0 Å². The number of hydrogen-bond acceptors (Lipinski definition) is 3. The maximum atomic E-state index is 11.5. The first kappa shape index (κ1) is 12.3. The van der Waals surface area contributed by atoms with E-state index in [0.29, 0.717) is 24.0 Å². The molecule has 0 saturated carbocycles. The predicted octanol–water partition coefficient (Wildman–Crippen LogP) is 1.72. The van der Waals surface area contributed by atoms with Crippen LogP contribution in [0.2, 0.25) is 0 Å². The molecule has 16 heavy (non-hydrogen) atoms. The third-order valence-electron chi connectivity index (χ3n) is 2.09. The van der Waals surface area contributed by atoms with Crippen LogP contribution < -0.4 is 0 Å². The maximum Gasteiger partial charge on any atom is 0.166 e. The van der Waals surface area contributed by atoms with Gasteiger partial charge >= 0.3 is 0 Å². The number of aliphatic hydroxyl groups excluding tert-OH is 1. The molecule has 0 aliphatic rings. The summed E-state index contributed by atoms with van der Waals surface area (Å²) in [7, 11) is 0. The van der Waals surface area contributed by atoms with E-state index in [4.69, 9.17) is 5.11 Å². The van der Waals surface area contributed by atoms with Crippen molar-refractivity contribution < 1.29 is 15.0 Å². The van der Waals surface area contributed by atoms with E-state index in [1.807, 2.05) is 0 Å². The smallest absolute Gasteiger partial charge is 0.166 e. The van der Waals surface area contributed by atoms with Crippen molar-refractivity contribution in [1.29, 1.82) is 0 Å². The molecule has 84 valence electrons. The topological polar surface area (TPSA) is 57.5 Å². The summed E-state index contributed by atoms with van der Waals surface area (Å²) < 4.78 is 0. The molecule has 1 rings (SSSR count). The van der Waals surface area contributed by atoms with Crippen LogP contribution in [-0.2, 0) is 0 Å². The maximum absolute atomic E-state index is 11.5. The number of aromatic hydroxyl groups is 1. The normalized spacial score (nSPS) is 9.38. The van der Waals surface area contributed by atoms with Crippen LogP contribution in [0, 0.1) is 11.8 Å². The average Bonchev–Trinajstić information content (AvgIpc) is 2.30. The van der Waals surface area contributed by atoms with Crippen LogP contribution in [0.15, 0.2) is 18.2 Å². The highest BCUT2D eigenvalue weighted by Gasteiger charge is 2.08. The van der Waals surface area contributed by atoms with E-state index in [-0.39, 0.29) is 18.1 Å². The fraction of sp³-hybridized carbons (Fsp3) is 0.308. The van der Waals surface area contributed by atoms with Crippen LogP contribution in [-0.4, -0.2) is 22.6 Å². The van der Waals surface area contributed by atoms with Gasteiger partial charge in [0.15, 0.2) is 5.78 Å². The highest BCUT2D eigenvalue weighted by molar-refractivity contribution is 5.98. The summed E-state index contributed by atoms with van der Waals surface area (Å²) in [5, 5.41) is 18.1. The minimum absolute atomic E-state index is 0.0143. The minimum Gasteiger partial charge on any atom is -0.507 e. The summed E-state index contributed by atoms with van der Waals surface area (Å²) in [5.74, 6) is 5.46. The van der Waals surface area contributed by atoms with E-state index in [0.717, 1.165) is 0 Å². The van der Waals surface area contributed by atoms with Gasteiger partial charge in [-0.15, -0.1) is 0 Å². The number of hydrogen-bond donors (Lipinski definition) is 2. The summed E-state index contributed by atoms with van der Waals surface area (Å²) in [6.45, 7) is 1.76. The monoisotopic (exact) mass is 218 g/mol. The van der Waals surface area contributed by atoms with Gasteiger partial charge in [0.1, 0.15) is 5.75 Å². The molecule has 3 nitrogen and oxygen atoms in total. The second kappa shape index (κ2) is 5.94. The Kier molecular flexibility index (Phi) is 4.56. The quantitative estimate of drug-likeness (QED) is 0.600. The number of aliphatic hydroxyl groups is 1. The molecule has 0 aliphatic carbocycles. The van der Waals surface area contributed by atoms with E-state index in [9.17, 15) is 9.90 Å². The average molecular weight is 218 g/mol. The first-order chi connectivity index (χ1) is 7.69. The van der Waals surface area contributed by atoms with Crippen molar-refractivity contribution in [3.05, 3.63) is 29.3 Å². The number of Topliss-reactive ketones (excluding diaryl/α,β-unsaturated/α-hetero) is 1. The lowest BCUT2D eigenvalue weighted by atomic mass is 10.0. The number of carbonyl (C=O) groups is 1. The zero-order chi connectivity index (χ0) is 12.0. The molecule has 1 aromatic rings. The third kappa shape index (κ3) is 3.11. The standard InChI is InChI=1S/C13H14O3/c1-2-12(15)11-9-10(5-3-4-8-14)6-7-13(11)16/h6-7,9,14,16H,2,4,8H2,1H3. The second-order valence-electron chi connectivity index (χ2n) is 3.28. The van der Waals surface area contributed by atoms with Crippen molar-refractivity contribution in [1.82, 2.24) is 0 Å². The lowest BCUT2D eigenvalue weighted by Gasteiger charge is -2.02. The van der Waals surface area contributed by atoms with Gasteiger partial charge in [-0.1, -0.05) is 18.8 Å². The molecule has 0 aliphatic heterocycles. The van der Waals surface area contributed by atoms with Gasteiger partial charge in [-0.3, -0.25) is 4.79 Å². The van der Waals surface area contributed by atoms with E-state index in [2.05, 4.69) is 11.8 Å². The Bertz CT molecular complexity index is 438. The molecule has 0 spiro atoms. The summed E-state index contributed by atoms with van der Waals surface area (Å²) >= 11 is 0. The molecule has 1 aromatic carbocycles. The highest BCUT2D eigenvalue weighted by atomic mass is 16.3. The summed E-state index contributed by atoms with van der Waals surface area (Å²) in [6.07, 6.45) is 0.749. The molecular weight excluding hydrogens is 204 g/mol. The van der Waals surface area contributed by atoms with Crippen molar-refractivity contribution in [2.75, 3.05) is 6.61 Å². The van der Waals surface area contributed by atoms with Gasteiger partial charge in [-0.05, 0) is 18.2 Å². The molecule has 3 heteroatoms. The van der Waals surface area contributed by atoms with Crippen molar-refractivity contribution in [3.8, 4) is 17.6 Å². The van der Waals surface area contributed by atoms with E-state index >= 15 is 0 Å². The van der Waals surface area contributed by atoms with Crippen LogP contribution >= 0.6 is 0 Å². The lowest BCUT2D eigenvalue weighted by molar-refractivity contribution is 0.0985. The third-order valence-corrected chi connectivity index (χ3v) is 2.09. The Hall–Kier alpha value is -1.79. The van der Waals surface area contributed by atoms with Crippen LogP contribution in [0.5, 0.6) is 5.75 Å². The highest BCUT2D eigenvalue weighted by Crippen LogP contribution is 2.19. The van der Waals surface area contributed by atoms with Gasteiger partial charge in [-0.2, -0.15) is 0 Å². The van der Waals surface area contributed by atoms with Gasteiger partial charge in [0.2, 0.25) is 0 Å². The first-order valence-electron chi connectivity index (χ1n) is 5.15. The van der Waals surface area contributed by atoms with E-state index in [1.165, 1.54) is 6.07 Å². The van der Waals surface area contributed by atoms with Crippen LogP contribution in [0.4, 0.5) is 0 Å². The van der Waals surface area contributed by atoms with Crippen molar-refractivity contribution >= 4 is 5.78 Å². The van der Waals surface area contributed by atoms with Crippen LogP contribution in [0.1, 0.15) is 35.7 Å². The van der Waals surface area contributed by atoms with Crippen molar-refractivity contribution in [2.45, 2.75) is 19.8 Å². The summed E-state index contributed by atoms with van der Waals surface area (Å²) in [6, 6.07) is 4.68. The second-order valence-corrected chi connectivity index (χ2v) is 3.28. The molecule has 0 bridgehead atoms. The Morgan fingerprint density at radius 2 is 2.19 bits per heavy atom. The van der Waals surface area contributed by atoms with Crippen LogP contribution in [0.25, 0.3) is 0 Å². The predicted molar refractivity (Wildman–Crippen MR) is 61.3 cm³/mol. The molecule has 0 fully saturated rings. The van der Waals surface area contributed by atoms with E-state index < -0.39 is 0 Å². The number of benzene rings is 1.